The summed E-state index contributed by atoms with van der Waals surface area (Å²) in [5.41, 5.74) is 0.967. The monoisotopic (exact) mass is 325 g/mol. The van der Waals surface area contributed by atoms with E-state index in [0.717, 1.165) is 39.2 Å². The van der Waals surface area contributed by atoms with Crippen LogP contribution in [-0.4, -0.2) is 22.6 Å². The zero-order valence-electron chi connectivity index (χ0n) is 9.60. The van der Waals surface area contributed by atoms with Crippen molar-refractivity contribution in [2.45, 2.75) is 18.9 Å². The van der Waals surface area contributed by atoms with Gasteiger partial charge in [0.1, 0.15) is 18.2 Å². The number of ether oxygens (including phenoxy) is 1. The van der Waals surface area contributed by atoms with Gasteiger partial charge in [0.05, 0.1) is 26.8 Å². The fourth-order valence-electron chi connectivity index (χ4n) is 1.90. The topological polar surface area (TPSA) is 47.0 Å². The zero-order valence-corrected chi connectivity index (χ0v) is 12.0. The van der Waals surface area contributed by atoms with Crippen LogP contribution in [0.1, 0.15) is 12.8 Å². The maximum absolute atomic E-state index is 5.52. The lowest BCUT2D eigenvalue weighted by molar-refractivity contribution is 0.135. The highest BCUT2D eigenvalue weighted by Gasteiger charge is 2.13. The van der Waals surface area contributed by atoms with Crippen LogP contribution in [0.3, 0.4) is 0 Å². The molecule has 0 amide bonds. The van der Waals surface area contributed by atoms with Gasteiger partial charge >= 0.3 is 0 Å². The quantitative estimate of drug-likeness (QED) is 0.937. The highest BCUT2D eigenvalue weighted by molar-refractivity contribution is 9.11. The first-order chi connectivity index (χ1) is 8.83. The second-order valence-corrected chi connectivity index (χ2v) is 6.51. The Morgan fingerprint density at radius 3 is 3.28 bits per heavy atom. The number of nitrogens with zero attached hydrogens (tertiary/aromatic N) is 2. The Hall–Kier alpha value is -1.14. The van der Waals surface area contributed by atoms with Crippen LogP contribution in [0.15, 0.2) is 28.5 Å². The lowest BCUT2D eigenvalue weighted by atomic mass is 10.1. The van der Waals surface area contributed by atoms with Gasteiger partial charge in [-0.25, -0.2) is 9.97 Å². The van der Waals surface area contributed by atoms with Gasteiger partial charge in [0.2, 0.25) is 0 Å². The van der Waals surface area contributed by atoms with Gasteiger partial charge < -0.3 is 10.1 Å². The molecule has 1 atom stereocenters. The second-order valence-electron chi connectivity index (χ2n) is 4.08. The van der Waals surface area contributed by atoms with E-state index in [0.29, 0.717) is 0 Å². The van der Waals surface area contributed by atoms with Gasteiger partial charge in [0, 0.05) is 0 Å². The zero-order chi connectivity index (χ0) is 12.4. The minimum atomic E-state index is 0.225. The predicted molar refractivity (Wildman–Crippen MR) is 76.9 cm³/mol. The first-order valence-electron chi connectivity index (χ1n) is 5.77. The Labute approximate surface area is 117 Å². The summed E-state index contributed by atoms with van der Waals surface area (Å²) in [7, 11) is 0. The average Bonchev–Trinajstić information content (AvgIpc) is 2.78. The third-order valence-electron chi connectivity index (χ3n) is 2.80. The highest BCUT2D eigenvalue weighted by atomic mass is 79.9. The SMILES string of the molecule is Brc1cc2ncnc(NCC3CCC=CO3)c2s1. The molecule has 1 N–H and O–H groups in total. The van der Waals surface area contributed by atoms with E-state index in [4.69, 9.17) is 4.74 Å². The second kappa shape index (κ2) is 5.24. The van der Waals surface area contributed by atoms with Gasteiger partial charge in [0.15, 0.2) is 0 Å². The van der Waals surface area contributed by atoms with Crippen LogP contribution >= 0.6 is 27.3 Å². The smallest absolute Gasteiger partial charge is 0.147 e. The van der Waals surface area contributed by atoms with Crippen molar-refractivity contribution in [2.75, 3.05) is 11.9 Å². The number of allylic oxidation sites excluding steroid dienone is 1. The molecule has 1 aliphatic heterocycles. The average molecular weight is 326 g/mol. The molecule has 1 unspecified atom stereocenters. The van der Waals surface area contributed by atoms with E-state index < -0.39 is 0 Å². The third kappa shape index (κ3) is 2.49. The lowest BCUT2D eigenvalue weighted by Crippen LogP contribution is -2.23. The van der Waals surface area contributed by atoms with E-state index in [1.807, 2.05) is 6.07 Å². The Morgan fingerprint density at radius 1 is 1.50 bits per heavy atom. The van der Waals surface area contributed by atoms with E-state index >= 15 is 0 Å². The van der Waals surface area contributed by atoms with Crippen molar-refractivity contribution in [3.05, 3.63) is 28.5 Å². The first-order valence-corrected chi connectivity index (χ1v) is 7.38. The van der Waals surface area contributed by atoms with E-state index in [-0.39, 0.29) is 6.10 Å². The molecule has 0 aromatic carbocycles. The molecular formula is C12H12BrN3OS. The number of hydrogen-bond acceptors (Lipinski definition) is 5. The molecule has 2 aromatic heterocycles. The van der Waals surface area contributed by atoms with Crippen molar-refractivity contribution >= 4 is 43.3 Å². The largest absolute Gasteiger partial charge is 0.497 e. The Bertz CT molecular complexity index is 584. The van der Waals surface area contributed by atoms with E-state index in [9.17, 15) is 0 Å². The number of fused-ring (bicyclic) bond motifs is 1. The standard InChI is InChI=1S/C12H12BrN3OS/c13-10-5-9-11(18-10)12(16-7-15-9)14-6-8-3-1-2-4-17-8/h2,4-5,7-8H,1,3,6H2,(H,14,15,16). The number of anilines is 1. The van der Waals surface area contributed by atoms with E-state index in [1.54, 1.807) is 23.9 Å². The highest BCUT2D eigenvalue weighted by Crippen LogP contribution is 2.32. The van der Waals surface area contributed by atoms with Crippen LogP contribution in [0.4, 0.5) is 5.82 Å². The van der Waals surface area contributed by atoms with Gasteiger partial charge in [-0.2, -0.15) is 0 Å². The Morgan fingerprint density at radius 2 is 2.44 bits per heavy atom. The molecule has 18 heavy (non-hydrogen) atoms. The molecule has 94 valence electrons. The maximum atomic E-state index is 5.52. The summed E-state index contributed by atoms with van der Waals surface area (Å²) < 4.78 is 7.67. The molecular weight excluding hydrogens is 314 g/mol. The van der Waals surface area contributed by atoms with Crippen molar-refractivity contribution in [1.29, 1.82) is 0 Å². The Balaban J connectivity index is 1.75. The molecule has 0 saturated carbocycles. The van der Waals surface area contributed by atoms with Gasteiger partial charge in [-0.15, -0.1) is 11.3 Å². The summed E-state index contributed by atoms with van der Waals surface area (Å²) in [5, 5.41) is 3.35. The molecule has 3 heterocycles. The fraction of sp³-hybridized carbons (Fsp3) is 0.333. The number of hydrogen-bond donors (Lipinski definition) is 1. The molecule has 0 radical (unpaired) electrons. The number of rotatable bonds is 3. The van der Waals surface area contributed by atoms with Crippen molar-refractivity contribution in [2.24, 2.45) is 0 Å². The van der Waals surface area contributed by atoms with Crippen molar-refractivity contribution in [3.63, 3.8) is 0 Å². The van der Waals surface area contributed by atoms with Gasteiger partial charge in [-0.3, -0.25) is 0 Å². The number of nitrogens with one attached hydrogen (secondary N) is 1. The molecule has 4 nitrogen and oxygen atoms in total. The van der Waals surface area contributed by atoms with Crippen LogP contribution in [0, 0.1) is 0 Å². The van der Waals surface area contributed by atoms with Crippen LogP contribution in [0.5, 0.6) is 0 Å². The van der Waals surface area contributed by atoms with Crippen LogP contribution < -0.4 is 5.32 Å². The van der Waals surface area contributed by atoms with Gasteiger partial charge in [-0.05, 0) is 40.9 Å². The van der Waals surface area contributed by atoms with Crippen molar-refractivity contribution in [1.82, 2.24) is 9.97 Å². The molecule has 0 saturated heterocycles. The van der Waals surface area contributed by atoms with Crippen LogP contribution in [-0.2, 0) is 4.74 Å². The van der Waals surface area contributed by atoms with Crippen LogP contribution in [0.2, 0.25) is 0 Å². The number of aromatic nitrogens is 2. The fourth-order valence-corrected chi connectivity index (χ4v) is 3.40. The predicted octanol–water partition coefficient (Wildman–Crippen LogP) is 3.56. The molecule has 1 aliphatic rings. The minimum Gasteiger partial charge on any atom is -0.497 e. The summed E-state index contributed by atoms with van der Waals surface area (Å²) in [5.74, 6) is 0.883. The third-order valence-corrected chi connectivity index (χ3v) is 4.43. The minimum absolute atomic E-state index is 0.225. The summed E-state index contributed by atoms with van der Waals surface area (Å²) in [4.78, 5) is 8.54. The van der Waals surface area contributed by atoms with Crippen LogP contribution in [0.25, 0.3) is 10.2 Å². The molecule has 0 spiro atoms. The molecule has 3 rings (SSSR count). The van der Waals surface area contributed by atoms with Crippen molar-refractivity contribution in [3.8, 4) is 0 Å². The number of thiophene rings is 1. The number of halogens is 1. The molecule has 0 aliphatic carbocycles. The first kappa shape index (κ1) is 11.9. The maximum Gasteiger partial charge on any atom is 0.147 e. The normalized spacial score (nSPS) is 18.8. The molecule has 6 heteroatoms. The van der Waals surface area contributed by atoms with Gasteiger partial charge in [-0.1, -0.05) is 0 Å². The molecule has 0 bridgehead atoms. The summed E-state index contributed by atoms with van der Waals surface area (Å²) in [6.45, 7) is 0.770. The van der Waals surface area contributed by atoms with E-state index in [1.165, 1.54) is 0 Å². The summed E-state index contributed by atoms with van der Waals surface area (Å²) in [6.07, 6.45) is 7.78. The summed E-state index contributed by atoms with van der Waals surface area (Å²) >= 11 is 5.12. The van der Waals surface area contributed by atoms with Crippen molar-refractivity contribution < 1.29 is 4.74 Å². The lowest BCUT2D eigenvalue weighted by Gasteiger charge is -2.19. The van der Waals surface area contributed by atoms with Gasteiger partial charge in [0.25, 0.3) is 0 Å². The summed E-state index contributed by atoms with van der Waals surface area (Å²) in [6, 6.07) is 2.01. The molecule has 2 aromatic rings. The Kier molecular flexibility index (Phi) is 3.47. The van der Waals surface area contributed by atoms with E-state index in [2.05, 4.69) is 37.3 Å². The molecule has 0 fully saturated rings.